The number of aromatic nitrogens is 3. The number of fused-ring (bicyclic) bond motifs is 2. The van der Waals surface area contributed by atoms with Gasteiger partial charge >= 0.3 is 0 Å². The van der Waals surface area contributed by atoms with Crippen molar-refractivity contribution in [1.82, 2.24) is 19.7 Å². The number of rotatable bonds is 5. The van der Waals surface area contributed by atoms with Gasteiger partial charge < -0.3 is 15.3 Å². The van der Waals surface area contributed by atoms with E-state index in [2.05, 4.69) is 34.4 Å². The summed E-state index contributed by atoms with van der Waals surface area (Å²) in [6.07, 6.45) is 1.05. The lowest BCUT2D eigenvalue weighted by atomic mass is 10.1. The van der Waals surface area contributed by atoms with Gasteiger partial charge in [0.15, 0.2) is 11.1 Å². The molecule has 0 saturated heterocycles. The summed E-state index contributed by atoms with van der Waals surface area (Å²) < 4.78 is 1.90. The monoisotopic (exact) mass is 313 g/mol. The van der Waals surface area contributed by atoms with Crippen LogP contribution in [-0.2, 0) is 7.05 Å². The Morgan fingerprint density at radius 2 is 2.13 bits per heavy atom. The van der Waals surface area contributed by atoms with Gasteiger partial charge in [0.1, 0.15) is 0 Å². The molecule has 0 bridgehead atoms. The molecule has 0 aliphatic heterocycles. The second-order valence-electron chi connectivity index (χ2n) is 6.24. The van der Waals surface area contributed by atoms with E-state index < -0.39 is 0 Å². The van der Waals surface area contributed by atoms with Crippen molar-refractivity contribution in [3.05, 3.63) is 34.1 Å². The van der Waals surface area contributed by atoms with Crippen LogP contribution in [-0.4, -0.2) is 46.8 Å². The first kappa shape index (κ1) is 15.6. The van der Waals surface area contributed by atoms with Crippen LogP contribution >= 0.6 is 0 Å². The van der Waals surface area contributed by atoms with Gasteiger partial charge in [0, 0.05) is 30.7 Å². The number of aromatic amines is 1. The maximum absolute atomic E-state index is 11.7. The fraction of sp³-hybridized carbons (Fsp3) is 0.412. The fourth-order valence-corrected chi connectivity index (χ4v) is 2.98. The highest BCUT2D eigenvalue weighted by Crippen LogP contribution is 2.31. The van der Waals surface area contributed by atoms with Crippen LogP contribution in [0.2, 0.25) is 0 Å². The summed E-state index contributed by atoms with van der Waals surface area (Å²) in [7, 11) is 6.09. The van der Waals surface area contributed by atoms with Crippen LogP contribution in [0.4, 0.5) is 5.69 Å². The Morgan fingerprint density at radius 3 is 2.87 bits per heavy atom. The summed E-state index contributed by atoms with van der Waals surface area (Å²) in [6.45, 7) is 3.95. The molecule has 3 aromatic rings. The summed E-state index contributed by atoms with van der Waals surface area (Å²) in [5, 5.41) is 8.92. The Balaban J connectivity index is 2.11. The van der Waals surface area contributed by atoms with Crippen molar-refractivity contribution in [2.45, 2.75) is 13.3 Å². The molecule has 0 fully saturated rings. The Labute approximate surface area is 135 Å². The lowest BCUT2D eigenvalue weighted by Gasteiger charge is -2.13. The van der Waals surface area contributed by atoms with Crippen LogP contribution in [0.5, 0.6) is 0 Å². The second-order valence-corrected chi connectivity index (χ2v) is 6.24. The van der Waals surface area contributed by atoms with Gasteiger partial charge in [0.25, 0.3) is 0 Å². The Kier molecular flexibility index (Phi) is 4.09. The van der Waals surface area contributed by atoms with Gasteiger partial charge in [-0.25, -0.2) is 4.98 Å². The van der Waals surface area contributed by atoms with Crippen molar-refractivity contribution in [3.63, 3.8) is 0 Å². The number of benzene rings is 1. The molecule has 0 unspecified atom stereocenters. The molecule has 23 heavy (non-hydrogen) atoms. The van der Waals surface area contributed by atoms with Crippen molar-refractivity contribution in [2.24, 2.45) is 7.05 Å². The van der Waals surface area contributed by atoms with E-state index in [9.17, 15) is 4.79 Å². The summed E-state index contributed by atoms with van der Waals surface area (Å²) in [5.74, 6) is 0. The molecule has 2 heterocycles. The van der Waals surface area contributed by atoms with Gasteiger partial charge in [-0.15, -0.1) is 0 Å². The van der Waals surface area contributed by atoms with E-state index in [1.807, 2.05) is 24.7 Å². The lowest BCUT2D eigenvalue weighted by Crippen LogP contribution is -2.16. The van der Waals surface area contributed by atoms with Crippen molar-refractivity contribution >= 4 is 27.6 Å². The molecule has 1 aromatic carbocycles. The van der Waals surface area contributed by atoms with Crippen molar-refractivity contribution in [3.8, 4) is 0 Å². The quantitative estimate of drug-likeness (QED) is 0.708. The van der Waals surface area contributed by atoms with Gasteiger partial charge in [-0.05, 0) is 46.1 Å². The van der Waals surface area contributed by atoms with E-state index in [1.165, 1.54) is 0 Å². The third-order valence-corrected chi connectivity index (χ3v) is 4.05. The molecule has 0 saturated carbocycles. The van der Waals surface area contributed by atoms with Crippen LogP contribution < -0.4 is 10.7 Å². The van der Waals surface area contributed by atoms with Crippen molar-refractivity contribution in [2.75, 3.05) is 32.5 Å². The maximum atomic E-state index is 11.7. The fourth-order valence-electron chi connectivity index (χ4n) is 2.98. The minimum Gasteiger partial charge on any atom is -0.384 e. The zero-order valence-electron chi connectivity index (χ0n) is 14.1. The number of hydrogen-bond acceptors (Lipinski definition) is 4. The van der Waals surface area contributed by atoms with Crippen LogP contribution in [0.15, 0.2) is 23.0 Å². The van der Waals surface area contributed by atoms with E-state index in [1.54, 1.807) is 12.1 Å². The van der Waals surface area contributed by atoms with E-state index in [0.717, 1.165) is 52.8 Å². The Morgan fingerprint density at radius 1 is 1.35 bits per heavy atom. The first-order chi connectivity index (χ1) is 11.0. The molecule has 0 amide bonds. The molecule has 0 spiro atoms. The van der Waals surface area contributed by atoms with Crippen LogP contribution in [0, 0.1) is 6.92 Å². The van der Waals surface area contributed by atoms with Crippen molar-refractivity contribution < 1.29 is 0 Å². The number of hydrogen-bond donors (Lipinski definition) is 2. The summed E-state index contributed by atoms with van der Waals surface area (Å²) in [4.78, 5) is 18.5. The van der Waals surface area contributed by atoms with E-state index in [4.69, 9.17) is 0 Å². The maximum Gasteiger partial charge on any atom is 0.180 e. The number of nitrogens with zero attached hydrogens (tertiary/aromatic N) is 3. The van der Waals surface area contributed by atoms with Gasteiger partial charge in [-0.2, -0.15) is 0 Å². The lowest BCUT2D eigenvalue weighted by molar-refractivity contribution is 0.405. The highest BCUT2D eigenvalue weighted by Gasteiger charge is 2.14. The molecular formula is C17H23N5O. The minimum atomic E-state index is -0.0159. The zero-order chi connectivity index (χ0) is 16.6. The SMILES string of the molecule is Cc1[nH]n(C)c2nc3cc(=O)ccc3c(NCCCN(C)C)c12. The van der Waals surface area contributed by atoms with Crippen LogP contribution in [0.25, 0.3) is 21.9 Å². The summed E-state index contributed by atoms with van der Waals surface area (Å²) in [6, 6.07) is 5.07. The van der Waals surface area contributed by atoms with Crippen LogP contribution in [0.3, 0.4) is 0 Å². The molecule has 2 N–H and O–H groups in total. The smallest absolute Gasteiger partial charge is 0.180 e. The zero-order valence-corrected chi connectivity index (χ0v) is 14.1. The molecule has 0 aliphatic rings. The van der Waals surface area contributed by atoms with Crippen LogP contribution in [0.1, 0.15) is 12.1 Å². The second kappa shape index (κ2) is 6.04. The predicted octanol–water partition coefficient (Wildman–Crippen LogP) is 2.09. The Bertz CT molecular complexity index is 907. The molecule has 122 valence electrons. The number of pyridine rings is 1. The standard InChI is InChI=1S/C17H23N5O/c1-11-15-16(18-8-5-9-21(2)3)13-7-6-12(23)10-14(13)19-17(15)22(4)20-11/h6-7,10,18,20H,5,8-9H2,1-4H3. The van der Waals surface area contributed by atoms with Gasteiger partial charge in [-0.3, -0.25) is 9.48 Å². The number of anilines is 1. The average molecular weight is 313 g/mol. The summed E-state index contributed by atoms with van der Waals surface area (Å²) >= 11 is 0. The average Bonchev–Trinajstić information content (AvgIpc) is 2.76. The number of H-pyrrole nitrogens is 1. The topological polar surface area (TPSA) is 66.0 Å². The van der Waals surface area contributed by atoms with E-state index in [0.29, 0.717) is 0 Å². The highest BCUT2D eigenvalue weighted by molar-refractivity contribution is 6.07. The first-order valence-corrected chi connectivity index (χ1v) is 7.85. The summed E-state index contributed by atoms with van der Waals surface area (Å²) in [5.41, 5.74) is 3.69. The predicted molar refractivity (Wildman–Crippen MR) is 95.2 cm³/mol. The molecule has 3 rings (SSSR count). The van der Waals surface area contributed by atoms with E-state index in [-0.39, 0.29) is 5.43 Å². The molecule has 6 heteroatoms. The third-order valence-electron chi connectivity index (χ3n) is 4.05. The molecule has 0 aliphatic carbocycles. The van der Waals surface area contributed by atoms with Gasteiger partial charge in [0.05, 0.1) is 16.6 Å². The molecule has 2 aromatic heterocycles. The van der Waals surface area contributed by atoms with Crippen molar-refractivity contribution in [1.29, 1.82) is 0 Å². The number of aryl methyl sites for hydroxylation is 2. The normalized spacial score (nSPS) is 11.7. The highest BCUT2D eigenvalue weighted by atomic mass is 16.1. The molecular weight excluding hydrogens is 290 g/mol. The van der Waals surface area contributed by atoms with Gasteiger partial charge in [0.2, 0.25) is 0 Å². The molecule has 0 radical (unpaired) electrons. The molecule has 6 nitrogen and oxygen atoms in total. The third kappa shape index (κ3) is 2.94. The van der Waals surface area contributed by atoms with Gasteiger partial charge in [-0.1, -0.05) is 0 Å². The first-order valence-electron chi connectivity index (χ1n) is 7.85. The number of nitrogens with one attached hydrogen (secondary N) is 2. The molecule has 0 atom stereocenters. The minimum absolute atomic E-state index is 0.0159. The Hall–Kier alpha value is -2.34. The largest absolute Gasteiger partial charge is 0.384 e. The van der Waals surface area contributed by atoms with E-state index >= 15 is 0 Å².